The van der Waals surface area contributed by atoms with Gasteiger partial charge >= 0.3 is 0 Å². The Balaban J connectivity index is 2.41. The standard InChI is InChI=1S/C10H12O/c1-7-4-3-5-8-9(7)6-10(8)11-2/h3-5,10H,6H2,1-2H3. The van der Waals surface area contributed by atoms with Gasteiger partial charge < -0.3 is 4.74 Å². The minimum atomic E-state index is 0.366. The predicted octanol–water partition coefficient (Wildman–Crippen LogP) is 2.24. The van der Waals surface area contributed by atoms with Crippen molar-refractivity contribution in [3.05, 3.63) is 34.9 Å². The Kier molecular flexibility index (Phi) is 1.46. The highest BCUT2D eigenvalue weighted by atomic mass is 16.5. The first kappa shape index (κ1) is 6.86. The number of ether oxygens (including phenoxy) is 1. The molecule has 0 amide bonds. The SMILES string of the molecule is COC1Cc2c(C)cccc21. The molecular weight excluding hydrogens is 136 g/mol. The Morgan fingerprint density at radius 1 is 1.45 bits per heavy atom. The van der Waals surface area contributed by atoms with Crippen molar-refractivity contribution in [1.82, 2.24) is 0 Å². The van der Waals surface area contributed by atoms with E-state index in [1.165, 1.54) is 16.7 Å². The van der Waals surface area contributed by atoms with E-state index in [0.717, 1.165) is 6.42 Å². The van der Waals surface area contributed by atoms with E-state index >= 15 is 0 Å². The van der Waals surface area contributed by atoms with Crippen LogP contribution in [0.2, 0.25) is 0 Å². The molecule has 0 radical (unpaired) electrons. The Morgan fingerprint density at radius 2 is 2.27 bits per heavy atom. The van der Waals surface area contributed by atoms with Crippen molar-refractivity contribution in [3.63, 3.8) is 0 Å². The molecule has 58 valence electrons. The Bertz CT molecular complexity index is 278. The number of aryl methyl sites for hydroxylation is 1. The van der Waals surface area contributed by atoms with Gasteiger partial charge in [-0.05, 0) is 23.6 Å². The van der Waals surface area contributed by atoms with Gasteiger partial charge in [0.05, 0.1) is 6.10 Å². The number of methoxy groups -OCH3 is 1. The summed E-state index contributed by atoms with van der Waals surface area (Å²) in [5, 5.41) is 0. The van der Waals surface area contributed by atoms with Crippen LogP contribution >= 0.6 is 0 Å². The molecule has 1 atom stereocenters. The maximum absolute atomic E-state index is 5.27. The largest absolute Gasteiger partial charge is 0.376 e. The van der Waals surface area contributed by atoms with E-state index in [1.807, 2.05) is 0 Å². The Labute approximate surface area is 67.0 Å². The van der Waals surface area contributed by atoms with E-state index in [2.05, 4.69) is 25.1 Å². The van der Waals surface area contributed by atoms with Crippen LogP contribution in [-0.2, 0) is 11.2 Å². The van der Waals surface area contributed by atoms with Crippen molar-refractivity contribution in [1.29, 1.82) is 0 Å². The van der Waals surface area contributed by atoms with Gasteiger partial charge in [-0.25, -0.2) is 0 Å². The first-order chi connectivity index (χ1) is 5.33. The molecule has 1 aromatic carbocycles. The number of benzene rings is 1. The number of rotatable bonds is 1. The summed E-state index contributed by atoms with van der Waals surface area (Å²) in [6, 6.07) is 6.41. The van der Waals surface area contributed by atoms with Gasteiger partial charge in [0, 0.05) is 13.5 Å². The van der Waals surface area contributed by atoms with Crippen molar-refractivity contribution >= 4 is 0 Å². The molecule has 2 rings (SSSR count). The van der Waals surface area contributed by atoms with E-state index in [4.69, 9.17) is 4.74 Å². The third-order valence-corrected chi connectivity index (χ3v) is 2.47. The Morgan fingerprint density at radius 3 is 3.00 bits per heavy atom. The Hall–Kier alpha value is -0.820. The van der Waals surface area contributed by atoms with Crippen LogP contribution in [0.1, 0.15) is 22.8 Å². The van der Waals surface area contributed by atoms with E-state index in [9.17, 15) is 0 Å². The van der Waals surface area contributed by atoms with Gasteiger partial charge in [0.2, 0.25) is 0 Å². The summed E-state index contributed by atoms with van der Waals surface area (Å²) in [6.45, 7) is 2.16. The molecule has 11 heavy (non-hydrogen) atoms. The van der Waals surface area contributed by atoms with Crippen LogP contribution in [0.25, 0.3) is 0 Å². The smallest absolute Gasteiger partial charge is 0.0864 e. The third kappa shape index (κ3) is 0.881. The van der Waals surface area contributed by atoms with Crippen molar-refractivity contribution in [2.75, 3.05) is 7.11 Å². The lowest BCUT2D eigenvalue weighted by Gasteiger charge is -2.30. The molecule has 1 unspecified atom stereocenters. The molecule has 1 aliphatic rings. The van der Waals surface area contributed by atoms with E-state index in [0.29, 0.717) is 6.10 Å². The van der Waals surface area contributed by atoms with Crippen LogP contribution in [0.15, 0.2) is 18.2 Å². The van der Waals surface area contributed by atoms with Crippen LogP contribution in [0.5, 0.6) is 0 Å². The van der Waals surface area contributed by atoms with Gasteiger partial charge in [-0.2, -0.15) is 0 Å². The van der Waals surface area contributed by atoms with Crippen molar-refractivity contribution in [3.8, 4) is 0 Å². The van der Waals surface area contributed by atoms with Crippen LogP contribution in [0.4, 0.5) is 0 Å². The average Bonchev–Trinajstić information content (AvgIpc) is 1.95. The first-order valence-electron chi connectivity index (χ1n) is 3.94. The molecule has 0 aliphatic heterocycles. The summed E-state index contributed by atoms with van der Waals surface area (Å²) >= 11 is 0. The minimum Gasteiger partial charge on any atom is -0.376 e. The zero-order valence-electron chi connectivity index (χ0n) is 6.92. The fraction of sp³-hybridized carbons (Fsp3) is 0.400. The summed E-state index contributed by atoms with van der Waals surface area (Å²) < 4.78 is 5.27. The molecule has 0 aromatic heterocycles. The van der Waals surface area contributed by atoms with Gasteiger partial charge in [0.15, 0.2) is 0 Å². The highest BCUT2D eigenvalue weighted by Gasteiger charge is 2.26. The first-order valence-corrected chi connectivity index (χ1v) is 3.94. The molecule has 0 bridgehead atoms. The van der Waals surface area contributed by atoms with Gasteiger partial charge in [-0.15, -0.1) is 0 Å². The molecule has 0 saturated heterocycles. The van der Waals surface area contributed by atoms with Crippen LogP contribution in [0.3, 0.4) is 0 Å². The molecule has 1 nitrogen and oxygen atoms in total. The highest BCUT2D eigenvalue weighted by molar-refractivity contribution is 5.43. The lowest BCUT2D eigenvalue weighted by atomic mass is 9.82. The zero-order valence-corrected chi connectivity index (χ0v) is 6.92. The second-order valence-electron chi connectivity index (χ2n) is 3.07. The van der Waals surface area contributed by atoms with Crippen LogP contribution in [0, 0.1) is 6.92 Å². The fourth-order valence-electron chi connectivity index (χ4n) is 1.68. The zero-order chi connectivity index (χ0) is 7.84. The van der Waals surface area contributed by atoms with Gasteiger partial charge in [0.25, 0.3) is 0 Å². The maximum atomic E-state index is 5.27. The van der Waals surface area contributed by atoms with Crippen molar-refractivity contribution in [2.45, 2.75) is 19.4 Å². The monoisotopic (exact) mass is 148 g/mol. The molecule has 0 heterocycles. The molecule has 1 aromatic rings. The molecule has 0 spiro atoms. The molecular formula is C10H12O. The predicted molar refractivity (Wildman–Crippen MR) is 44.6 cm³/mol. The number of hydrogen-bond donors (Lipinski definition) is 0. The maximum Gasteiger partial charge on any atom is 0.0864 e. The van der Waals surface area contributed by atoms with Gasteiger partial charge in [-0.1, -0.05) is 18.2 Å². The molecule has 0 fully saturated rings. The fourth-order valence-corrected chi connectivity index (χ4v) is 1.68. The van der Waals surface area contributed by atoms with E-state index in [-0.39, 0.29) is 0 Å². The van der Waals surface area contributed by atoms with Gasteiger partial charge in [-0.3, -0.25) is 0 Å². The summed E-state index contributed by atoms with van der Waals surface area (Å²) in [7, 11) is 1.77. The average molecular weight is 148 g/mol. The number of hydrogen-bond acceptors (Lipinski definition) is 1. The quantitative estimate of drug-likeness (QED) is 0.593. The highest BCUT2D eigenvalue weighted by Crippen LogP contribution is 2.36. The molecule has 0 saturated carbocycles. The second kappa shape index (κ2) is 2.35. The lowest BCUT2D eigenvalue weighted by molar-refractivity contribution is 0.0841. The topological polar surface area (TPSA) is 9.23 Å². The van der Waals surface area contributed by atoms with Crippen LogP contribution < -0.4 is 0 Å². The van der Waals surface area contributed by atoms with Crippen molar-refractivity contribution in [2.24, 2.45) is 0 Å². The lowest BCUT2D eigenvalue weighted by Crippen LogP contribution is -2.19. The molecule has 0 N–H and O–H groups in total. The van der Waals surface area contributed by atoms with Gasteiger partial charge in [0.1, 0.15) is 0 Å². The second-order valence-corrected chi connectivity index (χ2v) is 3.07. The molecule has 1 aliphatic carbocycles. The summed E-state index contributed by atoms with van der Waals surface area (Å²) in [5.41, 5.74) is 4.27. The van der Waals surface area contributed by atoms with E-state index < -0.39 is 0 Å². The number of fused-ring (bicyclic) bond motifs is 1. The third-order valence-electron chi connectivity index (χ3n) is 2.47. The summed E-state index contributed by atoms with van der Waals surface area (Å²) in [4.78, 5) is 0. The van der Waals surface area contributed by atoms with Crippen LogP contribution in [-0.4, -0.2) is 7.11 Å². The van der Waals surface area contributed by atoms with Crippen molar-refractivity contribution < 1.29 is 4.74 Å². The molecule has 1 heteroatoms. The summed E-state index contributed by atoms with van der Waals surface area (Å²) in [6.07, 6.45) is 1.46. The summed E-state index contributed by atoms with van der Waals surface area (Å²) in [5.74, 6) is 0. The van der Waals surface area contributed by atoms with E-state index in [1.54, 1.807) is 7.11 Å². The normalized spacial score (nSPS) is 20.7. The minimum absolute atomic E-state index is 0.366.